The van der Waals surface area contributed by atoms with E-state index in [0.717, 1.165) is 17.7 Å². The van der Waals surface area contributed by atoms with Gasteiger partial charge in [0.05, 0.1) is 17.6 Å². The summed E-state index contributed by atoms with van der Waals surface area (Å²) in [4.78, 5) is 25.4. The van der Waals surface area contributed by atoms with Crippen molar-refractivity contribution in [1.82, 2.24) is 5.32 Å². The molecule has 0 atom stereocenters. The Balaban J connectivity index is 2.37. The minimum Gasteiger partial charge on any atom is -0.318 e. The SMILES string of the molecule is CNCc1ccc2c(c1)CC(=O)N2C(=O)C(C)(C)N. The third-order valence-corrected chi connectivity index (χ3v) is 3.11. The highest BCUT2D eigenvalue weighted by Crippen LogP contribution is 2.31. The molecule has 0 radical (unpaired) electrons. The van der Waals surface area contributed by atoms with Crippen LogP contribution in [0.15, 0.2) is 18.2 Å². The second-order valence-corrected chi connectivity index (χ2v) is 5.43. The molecule has 2 amide bonds. The van der Waals surface area contributed by atoms with E-state index in [9.17, 15) is 9.59 Å². The van der Waals surface area contributed by atoms with E-state index in [1.165, 1.54) is 4.90 Å². The van der Waals surface area contributed by atoms with Crippen LogP contribution >= 0.6 is 0 Å². The first-order valence-electron chi connectivity index (χ1n) is 6.27. The first-order chi connectivity index (χ1) is 8.84. The lowest BCUT2D eigenvalue weighted by molar-refractivity contribution is -0.128. The maximum absolute atomic E-state index is 12.2. The molecule has 0 saturated heterocycles. The smallest absolute Gasteiger partial charge is 0.253 e. The van der Waals surface area contributed by atoms with Gasteiger partial charge >= 0.3 is 0 Å². The average molecular weight is 261 g/mol. The molecule has 102 valence electrons. The Kier molecular flexibility index (Phi) is 3.43. The quantitative estimate of drug-likeness (QED) is 0.833. The number of anilines is 1. The van der Waals surface area contributed by atoms with Crippen LogP contribution < -0.4 is 16.0 Å². The first-order valence-corrected chi connectivity index (χ1v) is 6.27. The Morgan fingerprint density at radius 3 is 2.74 bits per heavy atom. The van der Waals surface area contributed by atoms with E-state index in [1.54, 1.807) is 13.8 Å². The number of amides is 2. The third kappa shape index (κ3) is 2.52. The van der Waals surface area contributed by atoms with Crippen molar-refractivity contribution in [1.29, 1.82) is 0 Å². The largest absolute Gasteiger partial charge is 0.318 e. The van der Waals surface area contributed by atoms with E-state index in [1.807, 2.05) is 25.2 Å². The van der Waals surface area contributed by atoms with Gasteiger partial charge in [-0.25, -0.2) is 4.90 Å². The van der Waals surface area contributed by atoms with Crippen molar-refractivity contribution < 1.29 is 9.59 Å². The topological polar surface area (TPSA) is 75.4 Å². The number of hydrogen-bond acceptors (Lipinski definition) is 4. The zero-order valence-corrected chi connectivity index (χ0v) is 11.5. The van der Waals surface area contributed by atoms with Gasteiger partial charge in [-0.3, -0.25) is 9.59 Å². The Bertz CT molecular complexity index is 532. The molecule has 0 bridgehead atoms. The van der Waals surface area contributed by atoms with Crippen LogP contribution in [0, 0.1) is 0 Å². The van der Waals surface area contributed by atoms with Crippen LogP contribution in [-0.4, -0.2) is 24.4 Å². The summed E-state index contributed by atoms with van der Waals surface area (Å²) in [6.07, 6.45) is 0.259. The number of nitrogens with two attached hydrogens (primary N) is 1. The number of hydrogen-bond donors (Lipinski definition) is 2. The summed E-state index contributed by atoms with van der Waals surface area (Å²) in [6.45, 7) is 3.95. The van der Waals surface area contributed by atoms with Gasteiger partial charge in [0, 0.05) is 6.54 Å². The molecule has 2 rings (SSSR count). The highest BCUT2D eigenvalue weighted by molar-refractivity contribution is 6.21. The van der Waals surface area contributed by atoms with Gasteiger partial charge in [0.1, 0.15) is 0 Å². The van der Waals surface area contributed by atoms with Crippen molar-refractivity contribution in [3.63, 3.8) is 0 Å². The molecule has 1 aliphatic rings. The zero-order valence-electron chi connectivity index (χ0n) is 11.5. The highest BCUT2D eigenvalue weighted by Gasteiger charge is 2.38. The lowest BCUT2D eigenvalue weighted by Gasteiger charge is -2.24. The van der Waals surface area contributed by atoms with E-state index >= 15 is 0 Å². The summed E-state index contributed by atoms with van der Waals surface area (Å²) in [5.41, 5.74) is 7.39. The van der Waals surface area contributed by atoms with Gasteiger partial charge in [0.2, 0.25) is 5.91 Å². The predicted molar refractivity (Wildman–Crippen MR) is 73.7 cm³/mol. The van der Waals surface area contributed by atoms with Crippen molar-refractivity contribution in [2.24, 2.45) is 5.73 Å². The molecule has 5 nitrogen and oxygen atoms in total. The molecule has 5 heteroatoms. The molecule has 1 aromatic carbocycles. The number of benzene rings is 1. The van der Waals surface area contributed by atoms with Crippen LogP contribution in [0.1, 0.15) is 25.0 Å². The van der Waals surface area contributed by atoms with Crippen molar-refractivity contribution >= 4 is 17.5 Å². The highest BCUT2D eigenvalue weighted by atomic mass is 16.2. The number of carbonyl (C=O) groups is 2. The summed E-state index contributed by atoms with van der Waals surface area (Å²) in [7, 11) is 1.87. The predicted octanol–water partition coefficient (Wildman–Crippen LogP) is 0.559. The number of imide groups is 1. The summed E-state index contributed by atoms with van der Waals surface area (Å²) >= 11 is 0. The molecular formula is C14H19N3O2. The summed E-state index contributed by atoms with van der Waals surface area (Å²) < 4.78 is 0. The van der Waals surface area contributed by atoms with Gasteiger partial charge in [-0.15, -0.1) is 0 Å². The average Bonchev–Trinajstić information content (AvgIpc) is 2.62. The molecular weight excluding hydrogens is 242 g/mol. The van der Waals surface area contributed by atoms with Gasteiger partial charge in [-0.2, -0.15) is 0 Å². The molecule has 0 aliphatic carbocycles. The second-order valence-electron chi connectivity index (χ2n) is 5.43. The van der Waals surface area contributed by atoms with E-state index in [-0.39, 0.29) is 18.2 Å². The Labute approximate surface area is 112 Å². The number of fused-ring (bicyclic) bond motifs is 1. The summed E-state index contributed by atoms with van der Waals surface area (Å²) in [6, 6.07) is 5.69. The molecule has 0 fully saturated rings. The fraction of sp³-hybridized carbons (Fsp3) is 0.429. The zero-order chi connectivity index (χ0) is 14.2. The van der Waals surface area contributed by atoms with Crippen molar-refractivity contribution in [3.05, 3.63) is 29.3 Å². The van der Waals surface area contributed by atoms with Crippen molar-refractivity contribution in [3.8, 4) is 0 Å². The standard InChI is InChI=1S/C14H19N3O2/c1-14(2,15)13(19)17-11-5-4-9(8-16-3)6-10(11)7-12(17)18/h4-6,16H,7-8,15H2,1-3H3. The van der Waals surface area contributed by atoms with E-state index < -0.39 is 5.54 Å². The lowest BCUT2D eigenvalue weighted by atomic mass is 10.0. The molecule has 0 aromatic heterocycles. The molecule has 0 unspecified atom stereocenters. The number of carbonyl (C=O) groups excluding carboxylic acids is 2. The minimum absolute atomic E-state index is 0.208. The van der Waals surface area contributed by atoms with Crippen LogP contribution in [0.25, 0.3) is 0 Å². The van der Waals surface area contributed by atoms with Crippen LogP contribution in [0.5, 0.6) is 0 Å². The summed E-state index contributed by atoms with van der Waals surface area (Å²) in [5.74, 6) is -0.572. The van der Waals surface area contributed by atoms with Crippen LogP contribution in [0.3, 0.4) is 0 Å². The van der Waals surface area contributed by atoms with Gasteiger partial charge in [-0.05, 0) is 38.1 Å². The van der Waals surface area contributed by atoms with Crippen molar-refractivity contribution in [2.75, 3.05) is 11.9 Å². The maximum atomic E-state index is 12.2. The Morgan fingerprint density at radius 2 is 2.16 bits per heavy atom. The van der Waals surface area contributed by atoms with Crippen LogP contribution in [0.2, 0.25) is 0 Å². The van der Waals surface area contributed by atoms with Gasteiger partial charge < -0.3 is 11.1 Å². The molecule has 19 heavy (non-hydrogen) atoms. The van der Waals surface area contributed by atoms with Gasteiger partial charge in [0.15, 0.2) is 0 Å². The number of nitrogens with zero attached hydrogens (tertiary/aromatic N) is 1. The van der Waals surface area contributed by atoms with Gasteiger partial charge in [-0.1, -0.05) is 12.1 Å². The van der Waals surface area contributed by atoms with Crippen LogP contribution in [0.4, 0.5) is 5.69 Å². The molecule has 1 aliphatic heterocycles. The maximum Gasteiger partial charge on any atom is 0.253 e. The molecule has 0 saturated carbocycles. The lowest BCUT2D eigenvalue weighted by Crippen LogP contribution is -2.52. The normalized spacial score (nSPS) is 14.7. The monoisotopic (exact) mass is 261 g/mol. The number of nitrogens with one attached hydrogen (secondary N) is 1. The molecule has 1 aromatic rings. The Hall–Kier alpha value is -1.72. The fourth-order valence-electron chi connectivity index (χ4n) is 2.20. The minimum atomic E-state index is -1.05. The molecule has 3 N–H and O–H groups in total. The Morgan fingerprint density at radius 1 is 1.47 bits per heavy atom. The van der Waals surface area contributed by atoms with E-state index in [4.69, 9.17) is 5.73 Å². The van der Waals surface area contributed by atoms with E-state index in [0.29, 0.717) is 5.69 Å². The molecule has 0 spiro atoms. The van der Waals surface area contributed by atoms with Crippen molar-refractivity contribution in [2.45, 2.75) is 32.4 Å². The summed E-state index contributed by atoms with van der Waals surface area (Å²) in [5, 5.41) is 3.06. The third-order valence-electron chi connectivity index (χ3n) is 3.11. The van der Waals surface area contributed by atoms with Gasteiger partial charge in [0.25, 0.3) is 5.91 Å². The molecule has 1 heterocycles. The van der Waals surface area contributed by atoms with E-state index in [2.05, 4.69) is 5.32 Å². The second kappa shape index (κ2) is 4.75. The fourth-order valence-corrected chi connectivity index (χ4v) is 2.20. The van der Waals surface area contributed by atoms with Crippen LogP contribution in [-0.2, 0) is 22.6 Å². The first kappa shape index (κ1) is 13.7. The number of rotatable bonds is 3.